The van der Waals surface area contributed by atoms with Crippen LogP contribution in [0, 0.1) is 0 Å². The van der Waals surface area contributed by atoms with Crippen LogP contribution in [0.25, 0.3) is 11.4 Å². The van der Waals surface area contributed by atoms with Crippen molar-refractivity contribution in [2.75, 3.05) is 31.7 Å². The minimum atomic E-state index is -0.304. The summed E-state index contributed by atoms with van der Waals surface area (Å²) in [6, 6.07) is 9.88. The lowest BCUT2D eigenvalue weighted by Crippen LogP contribution is -2.45. The molecule has 0 spiro atoms. The Bertz CT molecular complexity index is 797. The summed E-state index contributed by atoms with van der Waals surface area (Å²) in [4.78, 5) is 26.1. The van der Waals surface area contributed by atoms with E-state index >= 15 is 0 Å². The van der Waals surface area contributed by atoms with Crippen LogP contribution in [0.3, 0.4) is 0 Å². The fourth-order valence-electron chi connectivity index (χ4n) is 2.85. The summed E-state index contributed by atoms with van der Waals surface area (Å²) in [5.74, 6) is 1.53. The lowest BCUT2D eigenvalue weighted by molar-refractivity contribution is -0.141. The van der Waals surface area contributed by atoms with E-state index in [9.17, 15) is 9.59 Å². The van der Waals surface area contributed by atoms with Gasteiger partial charge in [-0.2, -0.15) is 0 Å². The van der Waals surface area contributed by atoms with E-state index in [0.29, 0.717) is 13.1 Å². The first-order valence-corrected chi connectivity index (χ1v) is 10.8. The Morgan fingerprint density at radius 1 is 1.30 bits per heavy atom. The Kier molecular flexibility index (Phi) is 6.78. The number of carbonyl (C=O) groups is 2. The second kappa shape index (κ2) is 9.27. The molecule has 27 heavy (non-hydrogen) atoms. The zero-order chi connectivity index (χ0) is 19.2. The van der Waals surface area contributed by atoms with Crippen LogP contribution < -0.4 is 0 Å². The van der Waals surface area contributed by atoms with Crippen molar-refractivity contribution in [3.63, 3.8) is 0 Å². The quantitative estimate of drug-likeness (QED) is 0.537. The smallest absolute Gasteiger partial charge is 0.320 e. The van der Waals surface area contributed by atoms with Gasteiger partial charge in [0.2, 0.25) is 5.91 Å². The first-order chi connectivity index (χ1) is 13.1. The van der Waals surface area contributed by atoms with Gasteiger partial charge in [-0.1, -0.05) is 42.1 Å². The SMILES string of the molecule is CCn1c(SCC(=O)N2CCS[C@@H](C(=O)OC)C2)nnc1-c1ccccc1. The van der Waals surface area contributed by atoms with E-state index in [1.807, 2.05) is 41.8 Å². The van der Waals surface area contributed by atoms with Gasteiger partial charge in [-0.15, -0.1) is 22.0 Å². The molecule has 1 saturated heterocycles. The summed E-state index contributed by atoms with van der Waals surface area (Å²) in [6.07, 6.45) is 0. The number of nitrogens with zero attached hydrogens (tertiary/aromatic N) is 4. The van der Waals surface area contributed by atoms with E-state index < -0.39 is 0 Å². The zero-order valence-corrected chi connectivity index (χ0v) is 17.0. The van der Waals surface area contributed by atoms with Gasteiger partial charge in [0.25, 0.3) is 0 Å². The number of hydrogen-bond acceptors (Lipinski definition) is 7. The monoisotopic (exact) mass is 406 g/mol. The first-order valence-electron chi connectivity index (χ1n) is 8.72. The maximum Gasteiger partial charge on any atom is 0.320 e. The second-order valence-corrected chi connectivity index (χ2v) is 8.18. The van der Waals surface area contributed by atoms with Crippen LogP contribution in [-0.2, 0) is 20.9 Å². The fourth-order valence-corrected chi connectivity index (χ4v) is 4.88. The summed E-state index contributed by atoms with van der Waals surface area (Å²) >= 11 is 2.92. The summed E-state index contributed by atoms with van der Waals surface area (Å²) < 4.78 is 6.81. The highest BCUT2D eigenvalue weighted by Crippen LogP contribution is 2.25. The van der Waals surface area contributed by atoms with E-state index in [0.717, 1.165) is 28.8 Å². The van der Waals surface area contributed by atoms with Gasteiger partial charge in [0.1, 0.15) is 5.25 Å². The molecule has 0 aliphatic carbocycles. The number of aromatic nitrogens is 3. The third-order valence-corrected chi connectivity index (χ3v) is 6.39. The number of benzene rings is 1. The Hall–Kier alpha value is -2.00. The molecule has 0 unspecified atom stereocenters. The number of amides is 1. The Morgan fingerprint density at radius 3 is 2.78 bits per heavy atom. The summed E-state index contributed by atoms with van der Waals surface area (Å²) in [7, 11) is 1.38. The molecule has 2 heterocycles. The van der Waals surface area contributed by atoms with Crippen molar-refractivity contribution in [3.8, 4) is 11.4 Å². The first kappa shape index (κ1) is 19.8. The molecule has 144 valence electrons. The molecular weight excluding hydrogens is 384 g/mol. The van der Waals surface area contributed by atoms with Crippen molar-refractivity contribution in [1.29, 1.82) is 0 Å². The van der Waals surface area contributed by atoms with E-state index in [2.05, 4.69) is 10.2 Å². The van der Waals surface area contributed by atoms with Gasteiger partial charge in [0.15, 0.2) is 11.0 Å². The Morgan fingerprint density at radius 2 is 2.07 bits per heavy atom. The lowest BCUT2D eigenvalue weighted by Gasteiger charge is -2.30. The van der Waals surface area contributed by atoms with E-state index in [-0.39, 0.29) is 22.9 Å². The minimum Gasteiger partial charge on any atom is -0.468 e. The Balaban J connectivity index is 1.64. The molecule has 1 atom stereocenters. The van der Waals surface area contributed by atoms with Crippen molar-refractivity contribution in [1.82, 2.24) is 19.7 Å². The topological polar surface area (TPSA) is 77.3 Å². The predicted octanol–water partition coefficient (Wildman–Crippen LogP) is 2.17. The van der Waals surface area contributed by atoms with Crippen LogP contribution in [0.15, 0.2) is 35.5 Å². The van der Waals surface area contributed by atoms with Crippen LogP contribution in [0.1, 0.15) is 6.92 Å². The largest absolute Gasteiger partial charge is 0.468 e. The van der Waals surface area contributed by atoms with Crippen molar-refractivity contribution in [2.24, 2.45) is 0 Å². The molecular formula is C18H22N4O3S2. The number of ether oxygens (including phenoxy) is 1. The van der Waals surface area contributed by atoms with E-state index in [4.69, 9.17) is 4.74 Å². The summed E-state index contributed by atoms with van der Waals surface area (Å²) in [5.41, 5.74) is 0.999. The van der Waals surface area contributed by atoms with Crippen LogP contribution >= 0.6 is 23.5 Å². The van der Waals surface area contributed by atoms with Crippen molar-refractivity contribution in [2.45, 2.75) is 23.9 Å². The highest BCUT2D eigenvalue weighted by molar-refractivity contribution is 8.00. The summed E-state index contributed by atoms with van der Waals surface area (Å²) in [5, 5.41) is 8.98. The van der Waals surface area contributed by atoms with E-state index in [1.54, 1.807) is 4.90 Å². The molecule has 9 heteroatoms. The highest BCUT2D eigenvalue weighted by atomic mass is 32.2. The molecule has 1 aromatic carbocycles. The van der Waals surface area contributed by atoms with Gasteiger partial charge in [-0.05, 0) is 6.92 Å². The van der Waals surface area contributed by atoms with Gasteiger partial charge in [0, 0.05) is 31.0 Å². The molecule has 0 saturated carbocycles. The number of esters is 1. The number of rotatable bonds is 6. The minimum absolute atomic E-state index is 0.00103. The van der Waals surface area contributed by atoms with E-state index in [1.165, 1.54) is 30.6 Å². The second-order valence-electron chi connectivity index (χ2n) is 5.93. The van der Waals surface area contributed by atoms with Crippen LogP contribution in [-0.4, -0.2) is 68.5 Å². The molecule has 1 amide bonds. The van der Waals surface area contributed by atoms with Crippen molar-refractivity contribution < 1.29 is 14.3 Å². The maximum absolute atomic E-state index is 12.6. The molecule has 1 fully saturated rings. The number of carbonyl (C=O) groups excluding carboxylic acids is 2. The molecule has 3 rings (SSSR count). The lowest BCUT2D eigenvalue weighted by atomic mass is 10.2. The van der Waals surface area contributed by atoms with Crippen LogP contribution in [0.2, 0.25) is 0 Å². The fraction of sp³-hybridized carbons (Fsp3) is 0.444. The Labute approximate surface area is 166 Å². The highest BCUT2D eigenvalue weighted by Gasteiger charge is 2.29. The average molecular weight is 407 g/mol. The normalized spacial score (nSPS) is 17.0. The van der Waals surface area contributed by atoms with Gasteiger partial charge in [-0.25, -0.2) is 0 Å². The molecule has 1 aromatic heterocycles. The van der Waals surface area contributed by atoms with Crippen molar-refractivity contribution in [3.05, 3.63) is 30.3 Å². The van der Waals surface area contributed by atoms with Gasteiger partial charge >= 0.3 is 5.97 Å². The molecule has 0 radical (unpaired) electrons. The average Bonchev–Trinajstić information content (AvgIpc) is 3.15. The van der Waals surface area contributed by atoms with Gasteiger partial charge < -0.3 is 14.2 Å². The van der Waals surface area contributed by atoms with Crippen LogP contribution in [0.5, 0.6) is 0 Å². The molecule has 1 aliphatic heterocycles. The summed E-state index contributed by atoms with van der Waals surface area (Å²) in [6.45, 7) is 3.79. The van der Waals surface area contributed by atoms with Gasteiger partial charge in [-0.3, -0.25) is 9.59 Å². The molecule has 0 bridgehead atoms. The number of methoxy groups -OCH3 is 1. The van der Waals surface area contributed by atoms with Crippen molar-refractivity contribution >= 4 is 35.4 Å². The third kappa shape index (κ3) is 4.65. The number of hydrogen-bond donors (Lipinski definition) is 0. The van der Waals surface area contributed by atoms with Gasteiger partial charge in [0.05, 0.1) is 12.9 Å². The predicted molar refractivity (Wildman–Crippen MR) is 107 cm³/mol. The van der Waals surface area contributed by atoms with Crippen LogP contribution in [0.4, 0.5) is 0 Å². The molecule has 7 nitrogen and oxygen atoms in total. The molecule has 1 aliphatic rings. The molecule has 2 aromatic rings. The zero-order valence-electron chi connectivity index (χ0n) is 15.3. The third-order valence-electron chi connectivity index (χ3n) is 4.27. The molecule has 0 N–H and O–H groups in total. The number of thioether (sulfide) groups is 2. The maximum atomic E-state index is 12.6. The standard InChI is InChI=1S/C18H22N4O3S2/c1-3-22-16(13-7-5-4-6-8-13)19-20-18(22)27-12-15(23)21-9-10-26-14(11-21)17(24)25-2/h4-8,14H,3,9-12H2,1-2H3/t14-/m1/s1.